The van der Waals surface area contributed by atoms with Crippen molar-refractivity contribution in [2.24, 2.45) is 5.41 Å². The van der Waals surface area contributed by atoms with Crippen molar-refractivity contribution < 1.29 is 0 Å². The molecule has 2 aliphatic carbocycles. The van der Waals surface area contributed by atoms with E-state index in [1.807, 2.05) is 0 Å². The lowest BCUT2D eigenvalue weighted by Crippen LogP contribution is -2.28. The summed E-state index contributed by atoms with van der Waals surface area (Å²) in [7, 11) is 0. The van der Waals surface area contributed by atoms with Crippen LogP contribution in [0.5, 0.6) is 0 Å². The van der Waals surface area contributed by atoms with Crippen LogP contribution in [0.2, 0.25) is 12.1 Å². The molecule has 0 aromatic carbocycles. The Morgan fingerprint density at radius 1 is 0.692 bits per heavy atom. The Kier molecular flexibility index (Phi) is 9.23. The first-order valence-corrected chi connectivity index (χ1v) is 19.5. The van der Waals surface area contributed by atoms with Gasteiger partial charge in [-0.05, 0) is 37.8 Å². The largest absolute Gasteiger partial charge is 0.341 e. The molecule has 0 aliphatic heterocycles. The molecule has 146 valence electrons. The van der Waals surface area contributed by atoms with Crippen LogP contribution in [0.3, 0.4) is 0 Å². The van der Waals surface area contributed by atoms with E-state index in [-0.39, 0.29) is 5.41 Å². The quantitative estimate of drug-likeness (QED) is 0.148. The fourth-order valence-corrected chi connectivity index (χ4v) is 7.28. The molecular weight excluding hydrogens is 485 g/mol. The number of allylic oxidation sites excluding steroid dienone is 8. The maximum atomic E-state index is 6.25. The number of hydrogen-bond acceptors (Lipinski definition) is 0. The van der Waals surface area contributed by atoms with Gasteiger partial charge in [-0.3, -0.25) is 0 Å². The standard InChI is InChI=1S/C18H24Cl6Si2/c19-25(20,21)14-7-1-6-12-18(13-15-26(22,23)24,16-8-2-3-9-16)17-10-4-5-11-17/h2-5,8,10H,1,6-7,9,11-15H2. The minimum atomic E-state index is -2.67. The SMILES string of the molecule is Cl[Si](Cl)(Cl)CCCCCC(CC[Si](Cl)(Cl)Cl)(C1=CC=CC1)C1=CC=CC1. The van der Waals surface area contributed by atoms with Gasteiger partial charge < -0.3 is 0 Å². The molecule has 0 radical (unpaired) electrons. The zero-order valence-electron chi connectivity index (χ0n) is 14.6. The zero-order valence-corrected chi connectivity index (χ0v) is 21.1. The van der Waals surface area contributed by atoms with Gasteiger partial charge in [0, 0.05) is 5.41 Å². The molecule has 0 unspecified atom stereocenters. The lowest BCUT2D eigenvalue weighted by molar-refractivity contribution is 0.353. The second-order valence-electron chi connectivity index (χ2n) is 7.02. The first-order chi connectivity index (χ1) is 12.1. The van der Waals surface area contributed by atoms with Crippen molar-refractivity contribution in [2.75, 3.05) is 0 Å². The summed E-state index contributed by atoms with van der Waals surface area (Å²) in [5, 5.41) is 0. The molecule has 2 rings (SSSR count). The van der Waals surface area contributed by atoms with Gasteiger partial charge in [0.05, 0.1) is 0 Å². The monoisotopic (exact) mass is 506 g/mol. The third-order valence-electron chi connectivity index (χ3n) is 5.17. The third kappa shape index (κ3) is 7.52. The Labute approximate surface area is 187 Å². The molecule has 26 heavy (non-hydrogen) atoms. The van der Waals surface area contributed by atoms with E-state index >= 15 is 0 Å². The van der Waals surface area contributed by atoms with Gasteiger partial charge in [0.15, 0.2) is 0 Å². The van der Waals surface area contributed by atoms with E-state index in [4.69, 9.17) is 66.5 Å². The van der Waals surface area contributed by atoms with Crippen LogP contribution >= 0.6 is 66.5 Å². The summed E-state index contributed by atoms with van der Waals surface area (Å²) < 4.78 is 0. The van der Waals surface area contributed by atoms with Crippen molar-refractivity contribution in [3.8, 4) is 0 Å². The third-order valence-corrected chi connectivity index (χ3v) is 10.3. The molecule has 0 aromatic rings. The Morgan fingerprint density at radius 3 is 1.65 bits per heavy atom. The summed E-state index contributed by atoms with van der Waals surface area (Å²) in [4.78, 5) is 0. The van der Waals surface area contributed by atoms with Crippen LogP contribution in [-0.2, 0) is 0 Å². The summed E-state index contributed by atoms with van der Waals surface area (Å²) in [6.45, 7) is 0. The Bertz CT molecular complexity index is 566. The molecule has 0 saturated heterocycles. The number of rotatable bonds is 11. The highest BCUT2D eigenvalue weighted by atomic mass is 35.8. The summed E-state index contributed by atoms with van der Waals surface area (Å²) in [6.07, 6.45) is 20.3. The molecule has 0 spiro atoms. The van der Waals surface area contributed by atoms with Crippen LogP contribution in [0, 0.1) is 5.41 Å². The minimum absolute atomic E-state index is 0.0126. The topological polar surface area (TPSA) is 0 Å². The molecule has 0 saturated carbocycles. The van der Waals surface area contributed by atoms with E-state index in [1.54, 1.807) is 0 Å². The van der Waals surface area contributed by atoms with Gasteiger partial charge in [0.25, 0.3) is 0 Å². The van der Waals surface area contributed by atoms with E-state index in [1.165, 1.54) is 11.1 Å². The van der Waals surface area contributed by atoms with Crippen LogP contribution in [-0.4, -0.2) is 12.0 Å². The second-order valence-corrected chi connectivity index (χ2v) is 25.6. The summed E-state index contributed by atoms with van der Waals surface area (Å²) in [6, 6.07) is -3.79. The summed E-state index contributed by atoms with van der Waals surface area (Å²) in [5.74, 6) is 0. The van der Waals surface area contributed by atoms with Crippen LogP contribution < -0.4 is 0 Å². The average molecular weight is 509 g/mol. The van der Waals surface area contributed by atoms with E-state index in [2.05, 4.69) is 36.5 Å². The first kappa shape index (κ1) is 23.4. The van der Waals surface area contributed by atoms with Gasteiger partial charge in [0.1, 0.15) is 0 Å². The second kappa shape index (κ2) is 10.2. The number of halogens is 6. The molecule has 0 nitrogen and oxygen atoms in total. The molecule has 0 bridgehead atoms. The molecule has 0 aromatic heterocycles. The first-order valence-electron chi connectivity index (χ1n) is 8.98. The smallest absolute Gasteiger partial charge is 0.126 e. The molecular formula is C18H24Cl6Si2. The van der Waals surface area contributed by atoms with E-state index in [9.17, 15) is 0 Å². The molecule has 2 aliphatic rings. The maximum Gasteiger partial charge on any atom is 0.341 e. The van der Waals surface area contributed by atoms with Crippen LogP contribution in [0.25, 0.3) is 0 Å². The lowest BCUT2D eigenvalue weighted by Gasteiger charge is -2.38. The minimum Gasteiger partial charge on any atom is -0.126 e. The highest BCUT2D eigenvalue weighted by Gasteiger charge is 2.40. The number of hydrogen-bond donors (Lipinski definition) is 0. The van der Waals surface area contributed by atoms with Crippen molar-refractivity contribution in [3.63, 3.8) is 0 Å². The van der Waals surface area contributed by atoms with Gasteiger partial charge in [-0.1, -0.05) is 66.9 Å². The van der Waals surface area contributed by atoms with Gasteiger partial charge in [-0.15, -0.1) is 66.5 Å². The van der Waals surface area contributed by atoms with Crippen molar-refractivity contribution in [2.45, 2.75) is 57.0 Å². The van der Waals surface area contributed by atoms with Crippen molar-refractivity contribution in [3.05, 3.63) is 47.6 Å². The molecule has 0 atom stereocenters. The van der Waals surface area contributed by atoms with Crippen molar-refractivity contribution in [1.82, 2.24) is 0 Å². The average Bonchev–Trinajstić information content (AvgIpc) is 3.21. The normalized spacial score (nSPS) is 17.8. The number of unbranched alkanes of at least 4 members (excludes halogenated alkanes) is 2. The van der Waals surface area contributed by atoms with Crippen LogP contribution in [0.15, 0.2) is 47.6 Å². The fourth-order valence-electron chi connectivity index (χ4n) is 3.86. The molecule has 0 N–H and O–H groups in total. The van der Waals surface area contributed by atoms with Gasteiger partial charge >= 0.3 is 12.0 Å². The Hall–Kier alpha value is 1.13. The fraction of sp³-hybridized carbons (Fsp3) is 0.556. The van der Waals surface area contributed by atoms with Gasteiger partial charge in [0.2, 0.25) is 0 Å². The summed E-state index contributed by atoms with van der Waals surface area (Å²) >= 11 is 36.8. The predicted octanol–water partition coefficient (Wildman–Crippen LogP) is 9.01. The van der Waals surface area contributed by atoms with E-state index in [0.717, 1.165) is 51.0 Å². The molecule has 0 heterocycles. The van der Waals surface area contributed by atoms with Crippen LogP contribution in [0.4, 0.5) is 0 Å². The highest BCUT2D eigenvalue weighted by Crippen LogP contribution is 2.51. The zero-order chi connectivity index (χ0) is 19.3. The Balaban J connectivity index is 2.10. The van der Waals surface area contributed by atoms with Crippen molar-refractivity contribution in [1.29, 1.82) is 0 Å². The maximum absolute atomic E-state index is 6.25. The molecule has 8 heteroatoms. The van der Waals surface area contributed by atoms with Gasteiger partial charge in [-0.25, -0.2) is 0 Å². The van der Waals surface area contributed by atoms with Crippen molar-refractivity contribution >= 4 is 78.5 Å². The van der Waals surface area contributed by atoms with Gasteiger partial charge in [-0.2, -0.15) is 0 Å². The lowest BCUT2D eigenvalue weighted by atomic mass is 9.67. The highest BCUT2D eigenvalue weighted by molar-refractivity contribution is 7.65. The predicted molar refractivity (Wildman–Crippen MR) is 125 cm³/mol. The molecule has 0 fully saturated rings. The summed E-state index contributed by atoms with van der Waals surface area (Å²) in [5.41, 5.74) is 2.89. The van der Waals surface area contributed by atoms with E-state index < -0.39 is 12.0 Å². The van der Waals surface area contributed by atoms with E-state index in [0.29, 0.717) is 6.04 Å². The molecule has 0 amide bonds. The Morgan fingerprint density at radius 2 is 1.23 bits per heavy atom. The van der Waals surface area contributed by atoms with Crippen LogP contribution in [0.1, 0.15) is 44.9 Å².